The predicted octanol–water partition coefficient (Wildman–Crippen LogP) is 1.41. The number of anilines is 1. The molecular weight excluding hydrogens is 280 g/mol. The van der Waals surface area contributed by atoms with Crippen LogP contribution in [-0.4, -0.2) is 38.2 Å². The number of nitrogens with zero attached hydrogens (tertiary/aromatic N) is 2. The molecule has 0 spiro atoms. The minimum absolute atomic E-state index is 0.241. The van der Waals surface area contributed by atoms with Crippen LogP contribution in [0.25, 0.3) is 0 Å². The van der Waals surface area contributed by atoms with Crippen LogP contribution in [0.3, 0.4) is 0 Å². The Hall–Kier alpha value is -3.16. The largest absolute Gasteiger partial charge is 0.478 e. The van der Waals surface area contributed by atoms with Gasteiger partial charge in [-0.15, -0.1) is 0 Å². The van der Waals surface area contributed by atoms with Crippen molar-refractivity contribution in [1.82, 2.24) is 4.98 Å². The van der Waals surface area contributed by atoms with Crippen molar-refractivity contribution in [2.75, 3.05) is 4.90 Å². The van der Waals surface area contributed by atoms with Crippen LogP contribution in [0.5, 0.6) is 0 Å². The van der Waals surface area contributed by atoms with Crippen molar-refractivity contribution in [1.29, 1.82) is 0 Å². The van der Waals surface area contributed by atoms with Gasteiger partial charge in [0.25, 0.3) is 0 Å². The minimum Gasteiger partial charge on any atom is -0.478 e. The lowest BCUT2D eigenvalue weighted by Crippen LogP contribution is -2.22. The Morgan fingerprint density at radius 3 is 2.10 bits per heavy atom. The third-order valence-electron chi connectivity index (χ3n) is 2.76. The third kappa shape index (κ3) is 2.59. The summed E-state index contributed by atoms with van der Waals surface area (Å²) < 4.78 is 0. The zero-order chi connectivity index (χ0) is 15.6. The lowest BCUT2D eigenvalue weighted by Gasteiger charge is -2.22. The summed E-state index contributed by atoms with van der Waals surface area (Å²) in [7, 11) is 0. The van der Waals surface area contributed by atoms with Crippen LogP contribution in [0.2, 0.25) is 0 Å². The van der Waals surface area contributed by atoms with Gasteiger partial charge in [0.15, 0.2) is 5.69 Å². The average molecular weight is 290 g/mol. The normalized spacial score (nSPS) is 13.2. The molecule has 0 unspecified atom stereocenters. The molecule has 0 saturated heterocycles. The zero-order valence-corrected chi connectivity index (χ0v) is 10.6. The van der Waals surface area contributed by atoms with Crippen LogP contribution in [0.1, 0.15) is 37.6 Å². The fourth-order valence-corrected chi connectivity index (χ4v) is 1.92. The maximum Gasteiger partial charge on any atom is 0.355 e. The molecule has 0 fully saturated rings. The van der Waals surface area contributed by atoms with E-state index >= 15 is 0 Å². The van der Waals surface area contributed by atoms with Gasteiger partial charge < -0.3 is 20.2 Å². The molecule has 8 heteroatoms. The number of carboxylic acid groups (broad SMARTS) is 3. The first-order valence-corrected chi connectivity index (χ1v) is 5.78. The van der Waals surface area contributed by atoms with Gasteiger partial charge in [-0.1, -0.05) is 12.2 Å². The van der Waals surface area contributed by atoms with Gasteiger partial charge in [-0.3, -0.25) is 0 Å². The Morgan fingerprint density at radius 1 is 1.00 bits per heavy atom. The molecule has 0 amide bonds. The molecule has 3 N–H and O–H groups in total. The maximum absolute atomic E-state index is 11.4. The van der Waals surface area contributed by atoms with Crippen molar-refractivity contribution < 1.29 is 29.7 Å². The van der Waals surface area contributed by atoms with Crippen LogP contribution >= 0.6 is 0 Å². The number of rotatable bonds is 4. The number of carboxylic acids is 3. The molecule has 2 heterocycles. The topological polar surface area (TPSA) is 128 Å². The summed E-state index contributed by atoms with van der Waals surface area (Å²) in [6.45, 7) is 0. The van der Waals surface area contributed by atoms with Crippen LogP contribution in [0.4, 0.5) is 5.69 Å². The third-order valence-corrected chi connectivity index (χ3v) is 2.76. The van der Waals surface area contributed by atoms with E-state index in [-0.39, 0.29) is 5.69 Å². The lowest BCUT2D eigenvalue weighted by atomic mass is 10.1. The molecule has 0 aromatic carbocycles. The number of hydrogen-bond acceptors (Lipinski definition) is 5. The molecule has 1 aliphatic rings. The summed E-state index contributed by atoms with van der Waals surface area (Å²) in [4.78, 5) is 38.5. The van der Waals surface area contributed by atoms with E-state index in [0.29, 0.717) is 6.42 Å². The SMILES string of the molecule is O=C(O)c1cnc(C(=O)O)c(C(=O)O)c1N1C=CCC=C1. The molecule has 8 nitrogen and oxygen atoms in total. The van der Waals surface area contributed by atoms with Crippen LogP contribution < -0.4 is 4.90 Å². The highest BCUT2D eigenvalue weighted by Gasteiger charge is 2.29. The van der Waals surface area contributed by atoms with E-state index < -0.39 is 34.7 Å². The summed E-state index contributed by atoms with van der Waals surface area (Å²) >= 11 is 0. The van der Waals surface area contributed by atoms with Gasteiger partial charge >= 0.3 is 17.9 Å². The molecule has 0 bridgehead atoms. The Balaban J connectivity index is 2.80. The summed E-state index contributed by atoms with van der Waals surface area (Å²) in [6, 6.07) is 0. The van der Waals surface area contributed by atoms with Gasteiger partial charge in [-0.2, -0.15) is 0 Å². The van der Waals surface area contributed by atoms with Crippen molar-refractivity contribution in [3.8, 4) is 0 Å². The highest BCUT2D eigenvalue weighted by Crippen LogP contribution is 2.29. The number of allylic oxidation sites excluding steroid dienone is 2. The van der Waals surface area contributed by atoms with Gasteiger partial charge in [0.05, 0.1) is 5.69 Å². The van der Waals surface area contributed by atoms with Gasteiger partial charge in [0.2, 0.25) is 0 Å². The molecule has 2 rings (SSSR count). The molecule has 0 aliphatic carbocycles. The van der Waals surface area contributed by atoms with Crippen molar-refractivity contribution in [2.45, 2.75) is 6.42 Å². The standard InChI is InChI=1S/C13H10N2O6/c16-11(17)7-6-14-9(13(20)21)8(12(18)19)10(7)15-4-2-1-3-5-15/h2-6H,1H2,(H,16,17)(H,18,19)(H,20,21). The Morgan fingerprint density at radius 2 is 1.62 bits per heavy atom. The van der Waals surface area contributed by atoms with Crippen LogP contribution in [0, 0.1) is 0 Å². The Bertz CT molecular complexity index is 680. The first-order valence-electron chi connectivity index (χ1n) is 5.78. The molecular formula is C13H10N2O6. The second-order valence-corrected chi connectivity index (χ2v) is 4.07. The van der Waals surface area contributed by atoms with Gasteiger partial charge in [-0.05, 0) is 6.42 Å². The molecule has 21 heavy (non-hydrogen) atoms. The molecule has 0 saturated carbocycles. The van der Waals surface area contributed by atoms with Crippen molar-refractivity contribution >= 4 is 23.6 Å². The van der Waals surface area contributed by atoms with Crippen LogP contribution in [0.15, 0.2) is 30.7 Å². The van der Waals surface area contributed by atoms with E-state index in [0.717, 1.165) is 6.20 Å². The molecule has 1 aliphatic heterocycles. The second kappa shape index (κ2) is 5.45. The van der Waals surface area contributed by atoms with E-state index in [1.54, 1.807) is 12.2 Å². The Labute approximate surface area is 118 Å². The monoisotopic (exact) mass is 290 g/mol. The predicted molar refractivity (Wildman–Crippen MR) is 70.5 cm³/mol. The summed E-state index contributed by atoms with van der Waals surface area (Å²) in [6.07, 6.45) is 7.75. The number of carbonyl (C=O) groups is 3. The Kier molecular flexibility index (Phi) is 3.70. The van der Waals surface area contributed by atoms with Gasteiger partial charge in [0.1, 0.15) is 11.1 Å². The second-order valence-electron chi connectivity index (χ2n) is 4.07. The molecule has 1 aromatic heterocycles. The smallest absolute Gasteiger partial charge is 0.355 e. The molecule has 0 atom stereocenters. The van der Waals surface area contributed by atoms with Crippen LogP contribution in [-0.2, 0) is 0 Å². The lowest BCUT2D eigenvalue weighted by molar-refractivity contribution is 0.0644. The maximum atomic E-state index is 11.4. The fraction of sp³-hybridized carbons (Fsp3) is 0.0769. The number of pyridine rings is 1. The highest BCUT2D eigenvalue weighted by atomic mass is 16.4. The summed E-state index contributed by atoms with van der Waals surface area (Å²) in [5.74, 6) is -4.51. The van der Waals surface area contributed by atoms with E-state index in [1.807, 2.05) is 0 Å². The van der Waals surface area contributed by atoms with Gasteiger partial charge in [-0.25, -0.2) is 19.4 Å². The first kappa shape index (κ1) is 14.3. The number of aromatic carboxylic acids is 3. The van der Waals surface area contributed by atoms with Crippen molar-refractivity contribution in [3.63, 3.8) is 0 Å². The average Bonchev–Trinajstić information content (AvgIpc) is 2.46. The first-order chi connectivity index (χ1) is 9.93. The molecule has 1 aromatic rings. The van der Waals surface area contributed by atoms with Gasteiger partial charge in [0, 0.05) is 18.6 Å². The van der Waals surface area contributed by atoms with Crippen molar-refractivity contribution in [3.05, 3.63) is 47.6 Å². The summed E-state index contributed by atoms with van der Waals surface area (Å²) in [5, 5.41) is 27.5. The van der Waals surface area contributed by atoms with E-state index in [2.05, 4.69) is 4.98 Å². The number of aromatic nitrogens is 1. The quantitative estimate of drug-likeness (QED) is 0.759. The summed E-state index contributed by atoms with van der Waals surface area (Å²) in [5.41, 5.74) is -2.02. The highest BCUT2D eigenvalue weighted by molar-refractivity contribution is 6.09. The van der Waals surface area contributed by atoms with Crippen molar-refractivity contribution in [2.24, 2.45) is 0 Å². The zero-order valence-electron chi connectivity index (χ0n) is 10.6. The fourth-order valence-electron chi connectivity index (χ4n) is 1.92. The minimum atomic E-state index is -1.56. The molecule has 108 valence electrons. The number of hydrogen-bond donors (Lipinski definition) is 3. The molecule has 0 radical (unpaired) electrons. The van der Waals surface area contributed by atoms with E-state index in [4.69, 9.17) is 5.11 Å². The van der Waals surface area contributed by atoms with E-state index in [9.17, 15) is 24.6 Å². The van der Waals surface area contributed by atoms with E-state index in [1.165, 1.54) is 17.3 Å².